The molecule has 0 radical (unpaired) electrons. The maximum atomic E-state index is 12.8. The third kappa shape index (κ3) is 3.01. The maximum Gasteiger partial charge on any atom is 0.262 e. The van der Waals surface area contributed by atoms with Crippen molar-refractivity contribution in [2.75, 3.05) is 5.32 Å². The number of anilines is 1. The summed E-state index contributed by atoms with van der Waals surface area (Å²) in [5, 5.41) is 7.03. The van der Waals surface area contributed by atoms with Gasteiger partial charge in [0.1, 0.15) is 6.04 Å². The zero-order chi connectivity index (χ0) is 19.8. The molecule has 1 N–H and O–H groups in total. The summed E-state index contributed by atoms with van der Waals surface area (Å²) in [5.41, 5.74) is 1.81. The zero-order valence-electron chi connectivity index (χ0n) is 14.8. The number of amides is 3. The number of para-hydroxylation sites is 2. The van der Waals surface area contributed by atoms with Crippen LogP contribution >= 0.6 is 15.9 Å². The number of carbonyl (C=O) groups excluding carboxylic acids is 3. The van der Waals surface area contributed by atoms with Crippen molar-refractivity contribution in [3.63, 3.8) is 0 Å². The number of nitrogens with one attached hydrogen (secondary N) is 1. The molecule has 0 aliphatic carbocycles. The fraction of sp³-hybridized carbons (Fsp3) is 0.100. The van der Waals surface area contributed by atoms with Crippen LogP contribution in [0.4, 0.5) is 5.69 Å². The van der Waals surface area contributed by atoms with Crippen LogP contribution in [-0.2, 0) is 4.79 Å². The van der Waals surface area contributed by atoms with E-state index in [0.717, 1.165) is 9.37 Å². The Morgan fingerprint density at radius 3 is 2.25 bits per heavy atom. The highest BCUT2D eigenvalue weighted by molar-refractivity contribution is 9.10. The quantitative estimate of drug-likeness (QED) is 0.633. The standard InChI is InChI=1S/C20H15BrN4O3/c1-12(25-19(27)14-6-2-3-7-15(14)20(25)28)18(26)23-16-8-4-5-9-17(16)24-11-13(21)10-22-24/h2-12H,1H3,(H,23,26). The Bertz CT molecular complexity index is 1070. The number of imide groups is 1. The van der Waals surface area contributed by atoms with Crippen LogP contribution in [0.1, 0.15) is 27.6 Å². The summed E-state index contributed by atoms with van der Waals surface area (Å²) in [6.45, 7) is 1.53. The minimum absolute atomic E-state index is 0.314. The highest BCUT2D eigenvalue weighted by Crippen LogP contribution is 2.26. The molecular formula is C20H15BrN4O3. The van der Waals surface area contributed by atoms with Crippen molar-refractivity contribution in [1.82, 2.24) is 14.7 Å². The number of fused-ring (bicyclic) bond motifs is 1. The van der Waals surface area contributed by atoms with E-state index in [2.05, 4.69) is 26.3 Å². The van der Waals surface area contributed by atoms with E-state index in [1.807, 2.05) is 12.1 Å². The van der Waals surface area contributed by atoms with Crippen LogP contribution in [0.25, 0.3) is 5.69 Å². The van der Waals surface area contributed by atoms with Gasteiger partial charge in [0.2, 0.25) is 5.91 Å². The SMILES string of the molecule is CC(C(=O)Nc1ccccc1-n1cc(Br)cn1)N1C(=O)c2ccccc2C1=O. The van der Waals surface area contributed by atoms with Crippen LogP contribution in [-0.4, -0.2) is 38.4 Å². The molecule has 2 heterocycles. The number of nitrogens with zero attached hydrogens (tertiary/aromatic N) is 3. The molecule has 3 amide bonds. The second-order valence-electron chi connectivity index (χ2n) is 6.31. The van der Waals surface area contributed by atoms with E-state index < -0.39 is 23.8 Å². The van der Waals surface area contributed by atoms with Gasteiger partial charge in [-0.15, -0.1) is 0 Å². The average Bonchev–Trinajstić information content (AvgIpc) is 3.24. The molecule has 1 atom stereocenters. The number of aromatic nitrogens is 2. The van der Waals surface area contributed by atoms with Crippen molar-refractivity contribution >= 4 is 39.3 Å². The largest absolute Gasteiger partial charge is 0.322 e. The second-order valence-corrected chi connectivity index (χ2v) is 7.23. The summed E-state index contributed by atoms with van der Waals surface area (Å²) in [6.07, 6.45) is 3.40. The number of hydrogen-bond acceptors (Lipinski definition) is 4. The van der Waals surface area contributed by atoms with Crippen LogP contribution in [0.2, 0.25) is 0 Å². The molecule has 140 valence electrons. The lowest BCUT2D eigenvalue weighted by Crippen LogP contribution is -2.45. The van der Waals surface area contributed by atoms with Gasteiger partial charge in [-0.25, -0.2) is 4.68 Å². The smallest absolute Gasteiger partial charge is 0.262 e. The Morgan fingerprint density at radius 2 is 1.64 bits per heavy atom. The Hall–Kier alpha value is -3.26. The van der Waals surface area contributed by atoms with Gasteiger partial charge in [-0.3, -0.25) is 19.3 Å². The molecule has 0 fully saturated rings. The van der Waals surface area contributed by atoms with Gasteiger partial charge in [-0.05, 0) is 47.1 Å². The monoisotopic (exact) mass is 438 g/mol. The number of hydrogen-bond donors (Lipinski definition) is 1. The van der Waals surface area contributed by atoms with Crippen molar-refractivity contribution in [2.45, 2.75) is 13.0 Å². The third-order valence-electron chi connectivity index (χ3n) is 4.55. The van der Waals surface area contributed by atoms with Crippen LogP contribution in [0, 0.1) is 0 Å². The molecule has 28 heavy (non-hydrogen) atoms. The van der Waals surface area contributed by atoms with Gasteiger partial charge in [0, 0.05) is 6.20 Å². The van der Waals surface area contributed by atoms with Gasteiger partial charge >= 0.3 is 0 Å². The first-order valence-electron chi connectivity index (χ1n) is 8.54. The molecule has 0 bridgehead atoms. The molecule has 0 saturated carbocycles. The minimum Gasteiger partial charge on any atom is -0.322 e. The molecule has 1 unspecified atom stereocenters. The molecule has 1 aliphatic rings. The molecule has 0 spiro atoms. The molecule has 8 heteroatoms. The summed E-state index contributed by atoms with van der Waals surface area (Å²) in [6, 6.07) is 12.7. The van der Waals surface area contributed by atoms with Crippen molar-refractivity contribution < 1.29 is 14.4 Å². The number of carbonyl (C=O) groups is 3. The van der Waals surface area contributed by atoms with Crippen LogP contribution < -0.4 is 5.32 Å². The van der Waals surface area contributed by atoms with Gasteiger partial charge in [0.05, 0.1) is 33.2 Å². The van der Waals surface area contributed by atoms with E-state index >= 15 is 0 Å². The highest BCUT2D eigenvalue weighted by atomic mass is 79.9. The molecule has 1 aliphatic heterocycles. The van der Waals surface area contributed by atoms with Crippen molar-refractivity contribution in [1.29, 1.82) is 0 Å². The molecule has 3 aromatic rings. The molecule has 2 aromatic carbocycles. The first-order chi connectivity index (χ1) is 13.5. The number of benzene rings is 2. The fourth-order valence-corrected chi connectivity index (χ4v) is 3.41. The molecular weight excluding hydrogens is 424 g/mol. The Balaban J connectivity index is 1.59. The first-order valence-corrected chi connectivity index (χ1v) is 9.34. The predicted molar refractivity (Wildman–Crippen MR) is 106 cm³/mol. The summed E-state index contributed by atoms with van der Waals surface area (Å²) in [5.74, 6) is -1.40. The van der Waals surface area contributed by atoms with E-state index in [-0.39, 0.29) is 0 Å². The number of rotatable bonds is 4. The maximum absolute atomic E-state index is 12.8. The molecule has 4 rings (SSSR count). The van der Waals surface area contributed by atoms with Crippen molar-refractivity contribution in [3.8, 4) is 5.69 Å². The van der Waals surface area contributed by atoms with E-state index in [9.17, 15) is 14.4 Å². The van der Waals surface area contributed by atoms with E-state index in [1.54, 1.807) is 53.5 Å². The lowest BCUT2D eigenvalue weighted by Gasteiger charge is -2.22. The van der Waals surface area contributed by atoms with Crippen LogP contribution in [0.3, 0.4) is 0 Å². The van der Waals surface area contributed by atoms with Crippen LogP contribution in [0.15, 0.2) is 65.4 Å². The lowest BCUT2D eigenvalue weighted by atomic mass is 10.1. The summed E-state index contributed by atoms with van der Waals surface area (Å²) >= 11 is 3.35. The van der Waals surface area contributed by atoms with Gasteiger partial charge < -0.3 is 5.32 Å². The highest BCUT2D eigenvalue weighted by Gasteiger charge is 2.40. The normalized spacial score (nSPS) is 14.1. The van der Waals surface area contributed by atoms with E-state index in [0.29, 0.717) is 22.5 Å². The minimum atomic E-state index is -0.968. The van der Waals surface area contributed by atoms with Gasteiger partial charge in [-0.1, -0.05) is 24.3 Å². The summed E-state index contributed by atoms with van der Waals surface area (Å²) < 4.78 is 2.42. The zero-order valence-corrected chi connectivity index (χ0v) is 16.4. The first kappa shape index (κ1) is 18.1. The van der Waals surface area contributed by atoms with Crippen molar-refractivity contribution in [2.24, 2.45) is 0 Å². The van der Waals surface area contributed by atoms with E-state index in [4.69, 9.17) is 0 Å². The second kappa shape index (κ2) is 7.05. The van der Waals surface area contributed by atoms with Gasteiger partial charge in [-0.2, -0.15) is 5.10 Å². The summed E-state index contributed by atoms with van der Waals surface area (Å²) in [7, 11) is 0. The lowest BCUT2D eigenvalue weighted by molar-refractivity contribution is -0.119. The van der Waals surface area contributed by atoms with E-state index in [1.165, 1.54) is 6.92 Å². The molecule has 0 saturated heterocycles. The third-order valence-corrected chi connectivity index (χ3v) is 4.96. The fourth-order valence-electron chi connectivity index (χ4n) is 3.13. The average molecular weight is 439 g/mol. The summed E-state index contributed by atoms with van der Waals surface area (Å²) in [4.78, 5) is 39.0. The molecule has 7 nitrogen and oxygen atoms in total. The molecule has 1 aromatic heterocycles. The van der Waals surface area contributed by atoms with Crippen molar-refractivity contribution in [3.05, 3.63) is 76.5 Å². The number of halogens is 1. The predicted octanol–water partition coefficient (Wildman–Crippen LogP) is 3.26. The van der Waals surface area contributed by atoms with Crippen LogP contribution in [0.5, 0.6) is 0 Å². The van der Waals surface area contributed by atoms with Gasteiger partial charge in [0.15, 0.2) is 0 Å². The topological polar surface area (TPSA) is 84.3 Å². The Morgan fingerprint density at radius 1 is 1.04 bits per heavy atom. The Kier molecular flexibility index (Phi) is 4.56. The Labute approximate surface area is 169 Å². The van der Waals surface area contributed by atoms with Gasteiger partial charge in [0.25, 0.3) is 11.8 Å².